The molecular weight excluding hydrogens is 216 g/mol. The first-order valence-corrected chi connectivity index (χ1v) is 6.02. The average Bonchev–Trinajstić information content (AvgIpc) is 2.34. The standard InChI is InChI=1S/C14H22O3/c1-12-4-3-5-13(10-12)14(11-15)6-7-17-9-8-16-2/h3-5,10,14-15H,6-9,11H2,1-2H3. The van der Waals surface area contributed by atoms with E-state index in [1.54, 1.807) is 7.11 Å². The normalized spacial score (nSPS) is 12.6. The Kier molecular flexibility index (Phi) is 6.86. The van der Waals surface area contributed by atoms with Gasteiger partial charge in [-0.3, -0.25) is 0 Å². The Morgan fingerprint density at radius 3 is 2.71 bits per heavy atom. The molecule has 0 saturated heterocycles. The van der Waals surface area contributed by atoms with Gasteiger partial charge in [0.15, 0.2) is 0 Å². The largest absolute Gasteiger partial charge is 0.396 e. The van der Waals surface area contributed by atoms with Crippen LogP contribution in [0.15, 0.2) is 24.3 Å². The molecule has 3 nitrogen and oxygen atoms in total. The van der Waals surface area contributed by atoms with Crippen LogP contribution in [0.4, 0.5) is 0 Å². The summed E-state index contributed by atoms with van der Waals surface area (Å²) in [6.07, 6.45) is 0.837. The van der Waals surface area contributed by atoms with Crippen molar-refractivity contribution in [2.75, 3.05) is 33.5 Å². The molecule has 1 N–H and O–H groups in total. The van der Waals surface area contributed by atoms with Gasteiger partial charge in [0.1, 0.15) is 0 Å². The van der Waals surface area contributed by atoms with Gasteiger partial charge in [0, 0.05) is 19.6 Å². The number of rotatable bonds is 8. The van der Waals surface area contributed by atoms with Crippen LogP contribution in [0, 0.1) is 6.92 Å². The molecule has 0 fully saturated rings. The lowest BCUT2D eigenvalue weighted by Gasteiger charge is -2.15. The number of hydrogen-bond acceptors (Lipinski definition) is 3. The van der Waals surface area contributed by atoms with Gasteiger partial charge < -0.3 is 14.6 Å². The quantitative estimate of drug-likeness (QED) is 0.705. The van der Waals surface area contributed by atoms with E-state index in [-0.39, 0.29) is 12.5 Å². The van der Waals surface area contributed by atoms with E-state index in [1.807, 2.05) is 6.07 Å². The van der Waals surface area contributed by atoms with Crippen molar-refractivity contribution in [3.05, 3.63) is 35.4 Å². The molecule has 0 bridgehead atoms. The van der Waals surface area contributed by atoms with Crippen molar-refractivity contribution in [2.45, 2.75) is 19.3 Å². The number of aryl methyl sites for hydroxylation is 1. The van der Waals surface area contributed by atoms with Crippen LogP contribution in [0.2, 0.25) is 0 Å². The van der Waals surface area contributed by atoms with Crippen LogP contribution >= 0.6 is 0 Å². The van der Waals surface area contributed by atoms with Crippen molar-refractivity contribution in [1.82, 2.24) is 0 Å². The molecule has 3 heteroatoms. The maximum Gasteiger partial charge on any atom is 0.0700 e. The Hall–Kier alpha value is -0.900. The summed E-state index contributed by atoms with van der Waals surface area (Å²) in [7, 11) is 1.66. The predicted octanol–water partition coefficient (Wildman–Crippen LogP) is 2.12. The van der Waals surface area contributed by atoms with Gasteiger partial charge in [0.05, 0.1) is 19.8 Å². The van der Waals surface area contributed by atoms with Crippen molar-refractivity contribution < 1.29 is 14.6 Å². The van der Waals surface area contributed by atoms with Crippen LogP contribution < -0.4 is 0 Å². The lowest BCUT2D eigenvalue weighted by atomic mass is 9.96. The highest BCUT2D eigenvalue weighted by Crippen LogP contribution is 2.20. The SMILES string of the molecule is COCCOCCC(CO)c1cccc(C)c1. The van der Waals surface area contributed by atoms with E-state index in [0.29, 0.717) is 19.8 Å². The summed E-state index contributed by atoms with van der Waals surface area (Å²) in [5.74, 6) is 0.164. The summed E-state index contributed by atoms with van der Waals surface area (Å²) >= 11 is 0. The second-order valence-corrected chi connectivity index (χ2v) is 4.19. The molecule has 1 rings (SSSR count). The molecule has 0 aliphatic carbocycles. The van der Waals surface area contributed by atoms with Crippen LogP contribution in [0.3, 0.4) is 0 Å². The minimum absolute atomic E-state index is 0.164. The molecule has 1 aromatic rings. The van der Waals surface area contributed by atoms with Gasteiger partial charge in [-0.05, 0) is 18.9 Å². The highest BCUT2D eigenvalue weighted by Gasteiger charge is 2.10. The number of hydrogen-bond donors (Lipinski definition) is 1. The Morgan fingerprint density at radius 1 is 1.24 bits per heavy atom. The maximum absolute atomic E-state index is 9.39. The van der Waals surface area contributed by atoms with Crippen molar-refractivity contribution in [3.63, 3.8) is 0 Å². The lowest BCUT2D eigenvalue weighted by molar-refractivity contribution is 0.0642. The number of benzene rings is 1. The lowest BCUT2D eigenvalue weighted by Crippen LogP contribution is -2.10. The van der Waals surface area contributed by atoms with E-state index in [1.165, 1.54) is 11.1 Å². The van der Waals surface area contributed by atoms with Gasteiger partial charge in [0.25, 0.3) is 0 Å². The second kappa shape index (κ2) is 8.23. The molecular formula is C14H22O3. The van der Waals surface area contributed by atoms with Crippen LogP contribution in [0.1, 0.15) is 23.5 Å². The molecule has 96 valence electrons. The van der Waals surface area contributed by atoms with Crippen LogP contribution in [-0.2, 0) is 9.47 Å². The maximum atomic E-state index is 9.39. The summed E-state index contributed by atoms with van der Waals surface area (Å²) in [4.78, 5) is 0. The first kappa shape index (κ1) is 14.2. The summed E-state index contributed by atoms with van der Waals surface area (Å²) < 4.78 is 10.3. The van der Waals surface area contributed by atoms with E-state index < -0.39 is 0 Å². The van der Waals surface area contributed by atoms with Gasteiger partial charge in [-0.25, -0.2) is 0 Å². The van der Waals surface area contributed by atoms with Crippen LogP contribution in [0.5, 0.6) is 0 Å². The average molecular weight is 238 g/mol. The molecule has 0 spiro atoms. The monoisotopic (exact) mass is 238 g/mol. The highest BCUT2D eigenvalue weighted by atomic mass is 16.5. The van der Waals surface area contributed by atoms with E-state index in [0.717, 1.165) is 6.42 Å². The van der Waals surface area contributed by atoms with Crippen molar-refractivity contribution >= 4 is 0 Å². The number of methoxy groups -OCH3 is 1. The van der Waals surface area contributed by atoms with Crippen LogP contribution in [0.25, 0.3) is 0 Å². The van der Waals surface area contributed by atoms with E-state index in [4.69, 9.17) is 9.47 Å². The third kappa shape index (κ3) is 5.31. The molecule has 0 radical (unpaired) electrons. The third-order valence-electron chi connectivity index (χ3n) is 2.78. The van der Waals surface area contributed by atoms with Gasteiger partial charge in [-0.15, -0.1) is 0 Å². The summed E-state index contributed by atoms with van der Waals surface area (Å²) in [6.45, 7) is 4.11. The zero-order valence-corrected chi connectivity index (χ0v) is 10.7. The fourth-order valence-electron chi connectivity index (χ4n) is 1.76. The van der Waals surface area contributed by atoms with Gasteiger partial charge in [0.2, 0.25) is 0 Å². The minimum Gasteiger partial charge on any atom is -0.396 e. The molecule has 0 aliphatic rings. The molecule has 0 aromatic heterocycles. The Morgan fingerprint density at radius 2 is 2.06 bits per heavy atom. The van der Waals surface area contributed by atoms with Crippen molar-refractivity contribution in [2.24, 2.45) is 0 Å². The van der Waals surface area contributed by atoms with E-state index in [2.05, 4.69) is 25.1 Å². The Balaban J connectivity index is 2.38. The number of aliphatic hydroxyl groups excluding tert-OH is 1. The fraction of sp³-hybridized carbons (Fsp3) is 0.571. The number of aliphatic hydroxyl groups is 1. The summed E-state index contributed by atoms with van der Waals surface area (Å²) in [6, 6.07) is 8.27. The minimum atomic E-state index is 0.164. The van der Waals surface area contributed by atoms with E-state index >= 15 is 0 Å². The zero-order valence-electron chi connectivity index (χ0n) is 10.7. The highest BCUT2D eigenvalue weighted by molar-refractivity contribution is 5.25. The zero-order chi connectivity index (χ0) is 12.5. The molecule has 1 unspecified atom stereocenters. The van der Waals surface area contributed by atoms with Gasteiger partial charge >= 0.3 is 0 Å². The van der Waals surface area contributed by atoms with E-state index in [9.17, 15) is 5.11 Å². The first-order valence-electron chi connectivity index (χ1n) is 6.02. The Bertz CT molecular complexity index is 312. The number of ether oxygens (including phenoxy) is 2. The van der Waals surface area contributed by atoms with Crippen LogP contribution in [-0.4, -0.2) is 38.6 Å². The molecule has 0 amide bonds. The summed E-state index contributed by atoms with van der Waals surface area (Å²) in [5.41, 5.74) is 2.41. The fourth-order valence-corrected chi connectivity index (χ4v) is 1.76. The first-order chi connectivity index (χ1) is 8.27. The molecule has 1 aromatic carbocycles. The molecule has 1 atom stereocenters. The van der Waals surface area contributed by atoms with Crippen molar-refractivity contribution in [1.29, 1.82) is 0 Å². The second-order valence-electron chi connectivity index (χ2n) is 4.19. The summed E-state index contributed by atoms with van der Waals surface area (Å²) in [5, 5.41) is 9.39. The molecule has 0 heterocycles. The third-order valence-corrected chi connectivity index (χ3v) is 2.78. The Labute approximate surface area is 103 Å². The van der Waals surface area contributed by atoms with Gasteiger partial charge in [-0.2, -0.15) is 0 Å². The topological polar surface area (TPSA) is 38.7 Å². The molecule has 17 heavy (non-hydrogen) atoms. The van der Waals surface area contributed by atoms with Gasteiger partial charge in [-0.1, -0.05) is 29.8 Å². The molecule has 0 saturated carbocycles. The van der Waals surface area contributed by atoms with Crippen molar-refractivity contribution in [3.8, 4) is 0 Å². The smallest absolute Gasteiger partial charge is 0.0700 e. The molecule has 0 aliphatic heterocycles. The predicted molar refractivity (Wildman–Crippen MR) is 68.3 cm³/mol.